The largest absolute Gasteiger partial charge is 0.369 e. The van der Waals surface area contributed by atoms with E-state index in [9.17, 15) is 0 Å². The van der Waals surface area contributed by atoms with Gasteiger partial charge in [-0.1, -0.05) is 26.2 Å². The first kappa shape index (κ1) is 11.1. The van der Waals surface area contributed by atoms with Crippen LogP contribution in [0, 0.1) is 0 Å². The smallest absolute Gasteiger partial charge is 0.0360 e. The maximum Gasteiger partial charge on any atom is 0.0360 e. The first-order chi connectivity index (χ1) is 6.81. The average Bonchev–Trinajstić information content (AvgIpc) is 2.26. The molecule has 0 aromatic heterocycles. The van der Waals surface area contributed by atoms with E-state index in [2.05, 4.69) is 29.9 Å². The van der Waals surface area contributed by atoms with E-state index in [0.29, 0.717) is 0 Å². The second-order valence-corrected chi connectivity index (χ2v) is 3.45. The molecule has 0 bridgehead atoms. The molecule has 1 fully saturated rings. The molecule has 1 saturated heterocycles. The highest BCUT2D eigenvalue weighted by Crippen LogP contribution is 2.10. The Bertz CT molecular complexity index is 222. The van der Waals surface area contributed by atoms with Gasteiger partial charge in [-0.25, -0.2) is 0 Å². The summed E-state index contributed by atoms with van der Waals surface area (Å²) in [6.07, 6.45) is 5.75. The molecule has 0 amide bonds. The third kappa shape index (κ3) is 2.74. The monoisotopic (exact) mass is 192 g/mol. The molecule has 0 aliphatic carbocycles. The van der Waals surface area contributed by atoms with Crippen molar-refractivity contribution in [3.63, 3.8) is 0 Å². The number of rotatable bonds is 4. The summed E-state index contributed by atoms with van der Waals surface area (Å²) < 4.78 is 0. The lowest BCUT2D eigenvalue weighted by Gasteiger charge is -2.36. The van der Waals surface area contributed by atoms with Gasteiger partial charge in [0.15, 0.2) is 0 Å². The Kier molecular flexibility index (Phi) is 4.47. The Morgan fingerprint density at radius 1 is 1.21 bits per heavy atom. The third-order valence-corrected chi connectivity index (χ3v) is 2.68. The van der Waals surface area contributed by atoms with E-state index in [0.717, 1.165) is 32.7 Å². The summed E-state index contributed by atoms with van der Waals surface area (Å²) in [4.78, 5) is 4.83. The van der Waals surface area contributed by atoms with Crippen molar-refractivity contribution in [3.8, 4) is 0 Å². The van der Waals surface area contributed by atoms with Gasteiger partial charge in [0.2, 0.25) is 0 Å². The molecular formula is C12H20N2. The van der Waals surface area contributed by atoms with E-state index in [1.54, 1.807) is 0 Å². The lowest BCUT2D eigenvalue weighted by Crippen LogP contribution is -2.45. The number of piperazine rings is 1. The minimum absolute atomic E-state index is 1.10. The molecule has 0 aromatic carbocycles. The molecule has 1 rings (SSSR count). The van der Waals surface area contributed by atoms with Crippen LogP contribution >= 0.6 is 0 Å². The van der Waals surface area contributed by atoms with E-state index in [1.807, 2.05) is 18.2 Å². The highest BCUT2D eigenvalue weighted by atomic mass is 15.3. The molecule has 78 valence electrons. The van der Waals surface area contributed by atoms with Crippen molar-refractivity contribution in [2.24, 2.45) is 0 Å². The molecule has 0 unspecified atom stereocenters. The molecule has 14 heavy (non-hydrogen) atoms. The highest BCUT2D eigenvalue weighted by molar-refractivity contribution is 5.20. The van der Waals surface area contributed by atoms with Crippen LogP contribution in [0.15, 0.2) is 37.1 Å². The Morgan fingerprint density at radius 2 is 1.86 bits per heavy atom. The molecule has 0 N–H and O–H groups in total. The van der Waals surface area contributed by atoms with E-state index in [4.69, 9.17) is 0 Å². The van der Waals surface area contributed by atoms with Gasteiger partial charge in [0.05, 0.1) is 0 Å². The molecule has 1 heterocycles. The zero-order valence-corrected chi connectivity index (χ0v) is 9.08. The van der Waals surface area contributed by atoms with E-state index in [-0.39, 0.29) is 0 Å². The summed E-state index contributed by atoms with van der Waals surface area (Å²) in [5.41, 5.74) is 1.19. The molecule has 0 spiro atoms. The number of allylic oxidation sites excluding steroid dienone is 3. The van der Waals surface area contributed by atoms with Crippen LogP contribution in [-0.4, -0.2) is 42.5 Å². The van der Waals surface area contributed by atoms with Crippen molar-refractivity contribution in [1.29, 1.82) is 0 Å². The number of hydrogen-bond donors (Lipinski definition) is 0. The minimum atomic E-state index is 1.10. The van der Waals surface area contributed by atoms with Gasteiger partial charge >= 0.3 is 0 Å². The van der Waals surface area contributed by atoms with Crippen LogP contribution in [0.1, 0.15) is 6.92 Å². The van der Waals surface area contributed by atoms with Gasteiger partial charge in [-0.15, -0.1) is 0 Å². The van der Waals surface area contributed by atoms with Crippen molar-refractivity contribution >= 4 is 0 Å². The molecule has 0 radical (unpaired) electrons. The van der Waals surface area contributed by atoms with Crippen LogP contribution in [0.3, 0.4) is 0 Å². The van der Waals surface area contributed by atoms with Gasteiger partial charge < -0.3 is 9.80 Å². The van der Waals surface area contributed by atoms with Crippen molar-refractivity contribution in [3.05, 3.63) is 37.1 Å². The Morgan fingerprint density at radius 3 is 2.29 bits per heavy atom. The number of hydrogen-bond acceptors (Lipinski definition) is 2. The molecular weight excluding hydrogens is 172 g/mol. The van der Waals surface area contributed by atoms with E-state index < -0.39 is 0 Å². The summed E-state index contributed by atoms with van der Waals surface area (Å²) in [6, 6.07) is 0. The first-order valence-corrected chi connectivity index (χ1v) is 5.24. The maximum absolute atomic E-state index is 3.82. The zero-order chi connectivity index (χ0) is 10.4. The fourth-order valence-electron chi connectivity index (χ4n) is 1.75. The van der Waals surface area contributed by atoms with Crippen molar-refractivity contribution in [1.82, 2.24) is 9.80 Å². The predicted octanol–water partition coefficient (Wildman–Crippen LogP) is 1.88. The van der Waals surface area contributed by atoms with Crippen LogP contribution in [0.2, 0.25) is 0 Å². The number of likely N-dealkylation sites (N-methyl/N-ethyl adjacent to an activating group) is 1. The lowest BCUT2D eigenvalue weighted by atomic mass is 10.2. The van der Waals surface area contributed by atoms with E-state index in [1.165, 1.54) is 5.70 Å². The molecule has 1 aliphatic rings. The van der Waals surface area contributed by atoms with Crippen LogP contribution in [0.4, 0.5) is 0 Å². The Labute approximate surface area is 87.2 Å². The average molecular weight is 192 g/mol. The number of nitrogens with zero attached hydrogens (tertiary/aromatic N) is 2. The SMILES string of the molecule is C=C/C=C(\C=C)N1CCN(CC)CC1. The van der Waals surface area contributed by atoms with Crippen LogP contribution in [0.5, 0.6) is 0 Å². The summed E-state index contributed by atoms with van der Waals surface area (Å²) in [5.74, 6) is 0. The van der Waals surface area contributed by atoms with Crippen molar-refractivity contribution in [2.75, 3.05) is 32.7 Å². The Balaban J connectivity index is 2.51. The van der Waals surface area contributed by atoms with Gasteiger partial charge in [0.25, 0.3) is 0 Å². The Hall–Kier alpha value is -1.02. The second kappa shape index (κ2) is 5.66. The summed E-state index contributed by atoms with van der Waals surface area (Å²) in [6.45, 7) is 15.4. The fourth-order valence-corrected chi connectivity index (χ4v) is 1.75. The molecule has 0 saturated carbocycles. The maximum atomic E-state index is 3.82. The van der Waals surface area contributed by atoms with Gasteiger partial charge in [-0.05, 0) is 18.7 Å². The molecule has 0 aromatic rings. The van der Waals surface area contributed by atoms with Crippen LogP contribution in [0.25, 0.3) is 0 Å². The summed E-state index contributed by atoms with van der Waals surface area (Å²) in [7, 11) is 0. The fraction of sp³-hybridized carbons (Fsp3) is 0.500. The minimum Gasteiger partial charge on any atom is -0.369 e. The van der Waals surface area contributed by atoms with Crippen LogP contribution < -0.4 is 0 Å². The van der Waals surface area contributed by atoms with Crippen molar-refractivity contribution < 1.29 is 0 Å². The first-order valence-electron chi connectivity index (χ1n) is 5.24. The van der Waals surface area contributed by atoms with Gasteiger partial charge in [-0.3, -0.25) is 0 Å². The summed E-state index contributed by atoms with van der Waals surface area (Å²) >= 11 is 0. The quantitative estimate of drug-likeness (QED) is 0.628. The molecule has 1 aliphatic heterocycles. The van der Waals surface area contributed by atoms with Crippen LogP contribution in [-0.2, 0) is 0 Å². The highest BCUT2D eigenvalue weighted by Gasteiger charge is 2.15. The van der Waals surface area contributed by atoms with E-state index >= 15 is 0 Å². The molecule has 2 heteroatoms. The second-order valence-electron chi connectivity index (χ2n) is 3.45. The third-order valence-electron chi connectivity index (χ3n) is 2.68. The molecule has 2 nitrogen and oxygen atoms in total. The topological polar surface area (TPSA) is 6.48 Å². The summed E-state index contributed by atoms with van der Waals surface area (Å²) in [5, 5.41) is 0. The lowest BCUT2D eigenvalue weighted by molar-refractivity contribution is 0.168. The van der Waals surface area contributed by atoms with Gasteiger partial charge in [-0.2, -0.15) is 0 Å². The standard InChI is InChI=1S/C12H20N2/c1-4-7-12(5-2)14-10-8-13(6-3)9-11-14/h4-5,7H,1-2,6,8-11H2,3H3/b12-7+. The van der Waals surface area contributed by atoms with Crippen molar-refractivity contribution in [2.45, 2.75) is 6.92 Å². The van der Waals surface area contributed by atoms with Gasteiger partial charge in [0.1, 0.15) is 0 Å². The zero-order valence-electron chi connectivity index (χ0n) is 9.08. The van der Waals surface area contributed by atoms with Gasteiger partial charge in [0, 0.05) is 31.9 Å². The molecule has 0 atom stereocenters. The predicted molar refractivity (Wildman–Crippen MR) is 62.2 cm³/mol. The normalized spacial score (nSPS) is 19.5.